The molecule has 0 amide bonds. The molecular weight excluding hydrogens is 140 g/mol. The van der Waals surface area contributed by atoms with Crippen LogP contribution in [0.1, 0.15) is 6.42 Å². The van der Waals surface area contributed by atoms with Gasteiger partial charge in [0.1, 0.15) is 12.4 Å². The van der Waals surface area contributed by atoms with Crippen molar-refractivity contribution in [2.24, 2.45) is 5.92 Å². The van der Waals surface area contributed by atoms with Gasteiger partial charge in [-0.1, -0.05) is 12.2 Å². The molecule has 0 aromatic carbocycles. The number of fused-ring (bicyclic) bond motifs is 1. The lowest BCUT2D eigenvalue weighted by Gasteiger charge is -2.16. The summed E-state index contributed by atoms with van der Waals surface area (Å²) in [6.07, 6.45) is 7.32. The summed E-state index contributed by atoms with van der Waals surface area (Å²) >= 11 is 0. The predicted molar refractivity (Wildman–Crippen MR) is 42.1 cm³/mol. The van der Waals surface area contributed by atoms with Gasteiger partial charge in [-0.15, -0.1) is 0 Å². The SMILES string of the molecule is C1=CCC2COCCOC2=C1. The van der Waals surface area contributed by atoms with E-state index >= 15 is 0 Å². The molecule has 1 saturated heterocycles. The van der Waals surface area contributed by atoms with Gasteiger partial charge in [0.05, 0.1) is 13.2 Å². The van der Waals surface area contributed by atoms with Gasteiger partial charge in [0.25, 0.3) is 0 Å². The van der Waals surface area contributed by atoms with Crippen LogP contribution in [0.15, 0.2) is 24.0 Å². The summed E-state index contributed by atoms with van der Waals surface area (Å²) in [6, 6.07) is 0. The predicted octanol–water partition coefficient (Wildman–Crippen LogP) is 1.49. The molecule has 1 heterocycles. The van der Waals surface area contributed by atoms with E-state index in [9.17, 15) is 0 Å². The largest absolute Gasteiger partial charge is 0.495 e. The molecule has 2 heteroatoms. The molecule has 11 heavy (non-hydrogen) atoms. The first-order valence-electron chi connectivity index (χ1n) is 4.04. The number of ether oxygens (including phenoxy) is 2. The van der Waals surface area contributed by atoms with Crippen molar-refractivity contribution < 1.29 is 9.47 Å². The smallest absolute Gasteiger partial charge is 0.111 e. The van der Waals surface area contributed by atoms with E-state index < -0.39 is 0 Å². The van der Waals surface area contributed by atoms with E-state index in [0.29, 0.717) is 12.5 Å². The van der Waals surface area contributed by atoms with Crippen LogP contribution in [0.2, 0.25) is 0 Å². The average molecular weight is 152 g/mol. The van der Waals surface area contributed by atoms with E-state index in [4.69, 9.17) is 9.47 Å². The zero-order chi connectivity index (χ0) is 7.52. The van der Waals surface area contributed by atoms with Crippen molar-refractivity contribution in [2.75, 3.05) is 19.8 Å². The third-order valence-electron chi connectivity index (χ3n) is 2.03. The maximum absolute atomic E-state index is 5.49. The van der Waals surface area contributed by atoms with Crippen LogP contribution in [0.4, 0.5) is 0 Å². The van der Waals surface area contributed by atoms with Crippen LogP contribution >= 0.6 is 0 Å². The number of allylic oxidation sites excluding steroid dienone is 3. The Bertz CT molecular complexity index is 194. The lowest BCUT2D eigenvalue weighted by Crippen LogP contribution is -2.11. The molecule has 1 atom stereocenters. The summed E-state index contributed by atoms with van der Waals surface area (Å²) in [6.45, 7) is 2.25. The summed E-state index contributed by atoms with van der Waals surface area (Å²) in [5, 5.41) is 0. The van der Waals surface area contributed by atoms with Crippen molar-refractivity contribution in [3.8, 4) is 0 Å². The summed E-state index contributed by atoms with van der Waals surface area (Å²) < 4.78 is 10.9. The Morgan fingerprint density at radius 2 is 2.36 bits per heavy atom. The molecule has 2 aliphatic rings. The van der Waals surface area contributed by atoms with Crippen molar-refractivity contribution in [2.45, 2.75) is 6.42 Å². The van der Waals surface area contributed by atoms with Crippen molar-refractivity contribution in [3.63, 3.8) is 0 Å². The van der Waals surface area contributed by atoms with E-state index in [0.717, 1.165) is 25.4 Å². The molecule has 1 fully saturated rings. The number of hydrogen-bond donors (Lipinski definition) is 0. The molecule has 0 spiro atoms. The standard InChI is InChI=1S/C9H12O2/c1-2-4-9-8(3-1)7-10-5-6-11-9/h1-2,4,8H,3,5-7H2. The Labute approximate surface area is 66.5 Å². The average Bonchev–Trinajstić information content (AvgIpc) is 2.28. The first kappa shape index (κ1) is 6.92. The van der Waals surface area contributed by atoms with Crippen LogP contribution in [0.3, 0.4) is 0 Å². The maximum Gasteiger partial charge on any atom is 0.111 e. The van der Waals surface area contributed by atoms with Crippen LogP contribution in [0, 0.1) is 5.92 Å². The minimum Gasteiger partial charge on any atom is -0.495 e. The molecular formula is C9H12O2. The second-order valence-corrected chi connectivity index (χ2v) is 2.85. The maximum atomic E-state index is 5.49. The quantitative estimate of drug-likeness (QED) is 0.523. The van der Waals surface area contributed by atoms with Crippen molar-refractivity contribution in [1.82, 2.24) is 0 Å². The molecule has 1 aliphatic heterocycles. The van der Waals surface area contributed by atoms with Crippen LogP contribution in [0.5, 0.6) is 0 Å². The fourth-order valence-electron chi connectivity index (χ4n) is 1.42. The van der Waals surface area contributed by atoms with Crippen LogP contribution in [-0.2, 0) is 9.47 Å². The van der Waals surface area contributed by atoms with Gasteiger partial charge in [0.15, 0.2) is 0 Å². The highest BCUT2D eigenvalue weighted by atomic mass is 16.5. The normalized spacial score (nSPS) is 29.8. The third kappa shape index (κ3) is 1.46. The summed E-state index contributed by atoms with van der Waals surface area (Å²) in [5.41, 5.74) is 0. The second-order valence-electron chi connectivity index (χ2n) is 2.85. The molecule has 0 N–H and O–H groups in total. The van der Waals surface area contributed by atoms with Crippen molar-refractivity contribution in [1.29, 1.82) is 0 Å². The van der Waals surface area contributed by atoms with Gasteiger partial charge < -0.3 is 9.47 Å². The highest BCUT2D eigenvalue weighted by Gasteiger charge is 2.19. The van der Waals surface area contributed by atoms with Gasteiger partial charge in [0.2, 0.25) is 0 Å². The van der Waals surface area contributed by atoms with E-state index in [1.807, 2.05) is 6.08 Å². The van der Waals surface area contributed by atoms with E-state index in [1.54, 1.807) is 0 Å². The minimum absolute atomic E-state index is 0.475. The first-order valence-corrected chi connectivity index (χ1v) is 4.04. The van der Waals surface area contributed by atoms with E-state index in [-0.39, 0.29) is 0 Å². The zero-order valence-electron chi connectivity index (χ0n) is 6.45. The summed E-state index contributed by atoms with van der Waals surface area (Å²) in [7, 11) is 0. The zero-order valence-corrected chi connectivity index (χ0v) is 6.45. The highest BCUT2D eigenvalue weighted by molar-refractivity contribution is 5.16. The fourth-order valence-corrected chi connectivity index (χ4v) is 1.42. The van der Waals surface area contributed by atoms with Crippen LogP contribution < -0.4 is 0 Å². The van der Waals surface area contributed by atoms with Crippen LogP contribution in [-0.4, -0.2) is 19.8 Å². The van der Waals surface area contributed by atoms with E-state index in [1.165, 1.54) is 0 Å². The first-order chi connectivity index (χ1) is 5.47. The second kappa shape index (κ2) is 3.09. The van der Waals surface area contributed by atoms with Gasteiger partial charge in [-0.3, -0.25) is 0 Å². The van der Waals surface area contributed by atoms with Gasteiger partial charge in [-0.25, -0.2) is 0 Å². The Hall–Kier alpha value is -0.760. The molecule has 0 saturated carbocycles. The Balaban J connectivity index is 2.11. The van der Waals surface area contributed by atoms with Gasteiger partial charge in [-0.2, -0.15) is 0 Å². The summed E-state index contributed by atoms with van der Waals surface area (Å²) in [4.78, 5) is 0. The highest BCUT2D eigenvalue weighted by Crippen LogP contribution is 2.23. The lowest BCUT2D eigenvalue weighted by atomic mass is 10.00. The molecule has 2 nitrogen and oxygen atoms in total. The molecule has 60 valence electrons. The molecule has 0 aromatic rings. The Kier molecular flexibility index (Phi) is 1.95. The monoisotopic (exact) mass is 152 g/mol. The fraction of sp³-hybridized carbons (Fsp3) is 0.556. The van der Waals surface area contributed by atoms with Crippen LogP contribution in [0.25, 0.3) is 0 Å². The topological polar surface area (TPSA) is 18.5 Å². The van der Waals surface area contributed by atoms with Gasteiger partial charge >= 0.3 is 0 Å². The van der Waals surface area contributed by atoms with Gasteiger partial charge in [0, 0.05) is 5.92 Å². The van der Waals surface area contributed by atoms with Crippen molar-refractivity contribution >= 4 is 0 Å². The van der Waals surface area contributed by atoms with E-state index in [2.05, 4.69) is 12.2 Å². The molecule has 1 unspecified atom stereocenters. The molecule has 2 rings (SSSR count). The lowest BCUT2D eigenvalue weighted by molar-refractivity contribution is 0.111. The minimum atomic E-state index is 0.475. The van der Waals surface area contributed by atoms with Crippen molar-refractivity contribution in [3.05, 3.63) is 24.0 Å². The Morgan fingerprint density at radius 1 is 1.36 bits per heavy atom. The number of rotatable bonds is 0. The summed E-state index contributed by atoms with van der Waals surface area (Å²) in [5.74, 6) is 1.58. The number of hydrogen-bond acceptors (Lipinski definition) is 2. The molecule has 1 aliphatic carbocycles. The molecule has 0 aromatic heterocycles. The molecule has 0 bridgehead atoms. The Morgan fingerprint density at radius 3 is 3.36 bits per heavy atom. The van der Waals surface area contributed by atoms with Gasteiger partial charge in [-0.05, 0) is 12.5 Å². The molecule has 0 radical (unpaired) electrons. The third-order valence-corrected chi connectivity index (χ3v) is 2.03.